The van der Waals surface area contributed by atoms with Crippen molar-refractivity contribution in [3.8, 4) is 5.75 Å². The molecule has 1 aromatic carbocycles. The molecule has 0 aliphatic rings. The van der Waals surface area contributed by atoms with Crippen LogP contribution < -0.4 is 4.74 Å². The summed E-state index contributed by atoms with van der Waals surface area (Å²) in [6.07, 6.45) is 2.51. The Balaban J connectivity index is 2.51. The fraction of sp³-hybridized carbons (Fsp3) is 0.308. The molecule has 1 rings (SSSR count). The maximum Gasteiger partial charge on any atom is 0.328 e. The first-order valence-corrected chi connectivity index (χ1v) is 7.59. The van der Waals surface area contributed by atoms with Crippen LogP contribution in [0, 0.1) is 0 Å². The van der Waals surface area contributed by atoms with Crippen LogP contribution in [0.25, 0.3) is 6.08 Å². The second-order valence-corrected chi connectivity index (χ2v) is 6.30. The number of hydrogen-bond acceptors (Lipinski definition) is 4. The lowest BCUT2D eigenvalue weighted by Gasteiger charge is -2.06. The summed E-state index contributed by atoms with van der Waals surface area (Å²) in [5.74, 6) is -0.358. The fourth-order valence-electron chi connectivity index (χ4n) is 1.27. The van der Waals surface area contributed by atoms with Crippen LogP contribution in [0.1, 0.15) is 12.5 Å². The smallest absolute Gasteiger partial charge is 0.328 e. The van der Waals surface area contributed by atoms with Gasteiger partial charge in [0.1, 0.15) is 12.4 Å². The van der Waals surface area contributed by atoms with E-state index in [1.165, 1.54) is 6.08 Å². The van der Waals surface area contributed by atoms with E-state index in [0.717, 1.165) is 11.6 Å². The number of hydrogen-bond donors (Lipinski definition) is 1. The van der Waals surface area contributed by atoms with Crippen molar-refractivity contribution in [1.29, 1.82) is 0 Å². The number of sulfone groups is 1. The van der Waals surface area contributed by atoms with Crippen molar-refractivity contribution in [3.05, 3.63) is 35.9 Å². The highest BCUT2D eigenvalue weighted by molar-refractivity contribution is 7.91. The van der Waals surface area contributed by atoms with E-state index in [1.54, 1.807) is 31.2 Å². The lowest BCUT2D eigenvalue weighted by atomic mass is 10.2. The molecule has 0 aliphatic heterocycles. The number of ether oxygens (including phenoxy) is 1. The summed E-state index contributed by atoms with van der Waals surface area (Å²) in [6, 6.07) is 6.73. The molecule has 104 valence electrons. The molecule has 0 aromatic heterocycles. The molecule has 0 radical (unpaired) electrons. The van der Waals surface area contributed by atoms with Crippen LogP contribution in [0.2, 0.25) is 0 Å². The number of carboxylic acid groups (broad SMARTS) is 1. The zero-order chi connectivity index (χ0) is 14.3. The topological polar surface area (TPSA) is 80.7 Å². The van der Waals surface area contributed by atoms with E-state index in [2.05, 4.69) is 0 Å². The van der Waals surface area contributed by atoms with E-state index in [1.807, 2.05) is 0 Å². The van der Waals surface area contributed by atoms with E-state index in [0.29, 0.717) is 5.75 Å². The Bertz CT molecular complexity index is 543. The van der Waals surface area contributed by atoms with Gasteiger partial charge in [0, 0.05) is 11.8 Å². The van der Waals surface area contributed by atoms with E-state index in [-0.39, 0.29) is 18.1 Å². The van der Waals surface area contributed by atoms with Gasteiger partial charge in [-0.2, -0.15) is 0 Å². The van der Waals surface area contributed by atoms with Gasteiger partial charge in [-0.15, -0.1) is 0 Å². The van der Waals surface area contributed by atoms with Gasteiger partial charge in [-0.05, 0) is 23.8 Å². The highest BCUT2D eigenvalue weighted by atomic mass is 32.2. The van der Waals surface area contributed by atoms with Gasteiger partial charge in [0.05, 0.1) is 5.75 Å². The molecular formula is C13H16O5S. The van der Waals surface area contributed by atoms with Crippen LogP contribution in [0.15, 0.2) is 30.3 Å². The van der Waals surface area contributed by atoms with Crippen LogP contribution >= 0.6 is 0 Å². The minimum atomic E-state index is -3.02. The molecule has 0 amide bonds. The number of rotatable bonds is 7. The van der Waals surface area contributed by atoms with Gasteiger partial charge >= 0.3 is 5.97 Å². The van der Waals surface area contributed by atoms with Crippen molar-refractivity contribution in [2.75, 3.05) is 18.1 Å². The van der Waals surface area contributed by atoms with E-state index in [9.17, 15) is 13.2 Å². The molecule has 0 spiro atoms. The van der Waals surface area contributed by atoms with Crippen molar-refractivity contribution in [1.82, 2.24) is 0 Å². The number of benzene rings is 1. The third-order valence-corrected chi connectivity index (χ3v) is 4.07. The molecule has 0 fully saturated rings. The Labute approximate surface area is 112 Å². The molecule has 0 saturated carbocycles. The van der Waals surface area contributed by atoms with Gasteiger partial charge in [0.15, 0.2) is 9.84 Å². The summed E-state index contributed by atoms with van der Waals surface area (Å²) < 4.78 is 27.8. The van der Waals surface area contributed by atoms with Crippen molar-refractivity contribution in [2.24, 2.45) is 0 Å². The Morgan fingerprint density at radius 2 is 1.95 bits per heavy atom. The summed E-state index contributed by atoms with van der Waals surface area (Å²) in [5, 5.41) is 8.48. The third kappa shape index (κ3) is 6.05. The average Bonchev–Trinajstić information content (AvgIpc) is 2.37. The van der Waals surface area contributed by atoms with E-state index < -0.39 is 15.8 Å². The highest BCUT2D eigenvalue weighted by Gasteiger charge is 2.07. The summed E-state index contributed by atoms with van der Waals surface area (Å²) in [7, 11) is -3.02. The van der Waals surface area contributed by atoms with E-state index >= 15 is 0 Å². The average molecular weight is 284 g/mol. The second kappa shape index (κ2) is 6.94. The molecule has 6 heteroatoms. The molecular weight excluding hydrogens is 268 g/mol. The van der Waals surface area contributed by atoms with Gasteiger partial charge in [0.2, 0.25) is 0 Å². The summed E-state index contributed by atoms with van der Waals surface area (Å²) in [5.41, 5.74) is 0.732. The van der Waals surface area contributed by atoms with Crippen LogP contribution in [0.5, 0.6) is 5.75 Å². The fourth-order valence-corrected chi connectivity index (χ4v) is 1.90. The molecule has 1 N–H and O–H groups in total. The zero-order valence-electron chi connectivity index (χ0n) is 10.6. The van der Waals surface area contributed by atoms with Crippen LogP contribution in [0.4, 0.5) is 0 Å². The summed E-state index contributed by atoms with van der Waals surface area (Å²) >= 11 is 0. The zero-order valence-corrected chi connectivity index (χ0v) is 11.4. The monoisotopic (exact) mass is 284 g/mol. The number of carboxylic acids is 1. The SMILES string of the molecule is CCS(=O)(=O)CCOc1ccc(/C=C/C(=O)O)cc1. The Morgan fingerprint density at radius 3 is 2.47 bits per heavy atom. The molecule has 0 aliphatic carbocycles. The predicted octanol–water partition coefficient (Wildman–Crippen LogP) is 1.60. The normalized spacial score (nSPS) is 11.6. The van der Waals surface area contributed by atoms with Gasteiger partial charge < -0.3 is 9.84 Å². The van der Waals surface area contributed by atoms with Crippen molar-refractivity contribution < 1.29 is 23.1 Å². The standard InChI is InChI=1S/C13H16O5S/c1-2-19(16,17)10-9-18-12-6-3-11(4-7-12)5-8-13(14)15/h3-8H,2,9-10H2,1H3,(H,14,15)/b8-5+. The minimum absolute atomic E-state index is 0.00975. The Kier molecular flexibility index (Phi) is 5.57. The third-order valence-electron chi connectivity index (χ3n) is 2.40. The van der Waals surface area contributed by atoms with Gasteiger partial charge in [-0.25, -0.2) is 13.2 Å². The molecule has 0 unspecified atom stereocenters. The second-order valence-electron chi connectivity index (χ2n) is 3.83. The Hall–Kier alpha value is -1.82. The van der Waals surface area contributed by atoms with Crippen LogP contribution in [0.3, 0.4) is 0 Å². The first-order valence-electron chi connectivity index (χ1n) is 5.77. The van der Waals surface area contributed by atoms with Gasteiger partial charge in [-0.1, -0.05) is 19.1 Å². The largest absolute Gasteiger partial charge is 0.493 e. The molecule has 19 heavy (non-hydrogen) atoms. The molecule has 0 atom stereocenters. The molecule has 1 aromatic rings. The maximum absolute atomic E-state index is 11.2. The molecule has 0 saturated heterocycles. The highest BCUT2D eigenvalue weighted by Crippen LogP contribution is 2.13. The Morgan fingerprint density at radius 1 is 1.32 bits per heavy atom. The molecule has 5 nitrogen and oxygen atoms in total. The van der Waals surface area contributed by atoms with Crippen LogP contribution in [-0.4, -0.2) is 37.6 Å². The van der Waals surface area contributed by atoms with Crippen LogP contribution in [-0.2, 0) is 14.6 Å². The lowest BCUT2D eigenvalue weighted by Crippen LogP contribution is -2.15. The van der Waals surface area contributed by atoms with E-state index in [4.69, 9.17) is 9.84 Å². The quantitative estimate of drug-likeness (QED) is 0.769. The number of aliphatic carboxylic acids is 1. The first kappa shape index (κ1) is 15.2. The van der Waals surface area contributed by atoms with Gasteiger partial charge in [0.25, 0.3) is 0 Å². The minimum Gasteiger partial charge on any atom is -0.493 e. The van der Waals surface area contributed by atoms with Crippen molar-refractivity contribution in [2.45, 2.75) is 6.92 Å². The first-order chi connectivity index (χ1) is 8.93. The van der Waals surface area contributed by atoms with Crippen molar-refractivity contribution >= 4 is 21.9 Å². The summed E-state index contributed by atoms with van der Waals surface area (Å²) in [6.45, 7) is 1.71. The number of carbonyl (C=O) groups is 1. The van der Waals surface area contributed by atoms with Gasteiger partial charge in [-0.3, -0.25) is 0 Å². The summed E-state index contributed by atoms with van der Waals surface area (Å²) in [4.78, 5) is 10.3. The lowest BCUT2D eigenvalue weighted by molar-refractivity contribution is -0.131. The predicted molar refractivity (Wildman–Crippen MR) is 72.9 cm³/mol. The molecule has 0 heterocycles. The van der Waals surface area contributed by atoms with Crippen molar-refractivity contribution in [3.63, 3.8) is 0 Å². The maximum atomic E-state index is 11.2. The molecule has 0 bridgehead atoms.